The number of hydrogen-bond acceptors (Lipinski definition) is 2. The van der Waals surface area contributed by atoms with Gasteiger partial charge < -0.3 is 0 Å². The highest BCUT2D eigenvalue weighted by molar-refractivity contribution is 9.10. The quantitative estimate of drug-likeness (QED) is 0.646. The number of halogens is 1. The maximum Gasteiger partial charge on any atom is 0.164 e. The van der Waals surface area contributed by atoms with Crippen LogP contribution in [0, 0.1) is 0 Å². The number of rotatable bonds is 1. The Balaban J connectivity index is 3.17. The molecule has 1 rings (SSSR count). The first-order valence-corrected chi connectivity index (χ1v) is 3.60. The van der Waals surface area contributed by atoms with E-state index >= 15 is 0 Å². The predicted molar refractivity (Wildman–Crippen MR) is 40.9 cm³/mol. The summed E-state index contributed by atoms with van der Waals surface area (Å²) in [6, 6.07) is 0. The molecule has 54 valence electrons. The molecule has 0 saturated heterocycles. The third-order valence-electron chi connectivity index (χ3n) is 1.25. The minimum atomic E-state index is 0.0278. The van der Waals surface area contributed by atoms with Crippen LogP contribution in [0.4, 0.5) is 0 Å². The Morgan fingerprint density at radius 3 is 2.60 bits per heavy atom. The predicted octanol–water partition coefficient (Wildman–Crippen LogP) is 1.39. The molecule has 0 fully saturated rings. The van der Waals surface area contributed by atoms with E-state index in [0.717, 1.165) is 4.60 Å². The molecule has 0 bridgehead atoms. The molecule has 0 aliphatic rings. The van der Waals surface area contributed by atoms with Crippen LogP contribution in [0.3, 0.4) is 0 Å². The Labute approximate surface area is 67.2 Å². The standard InChI is InChI=1S/C6H7BrN2O/c1-4(10)5-3-8-9(2)6(5)7/h3H,1-2H3. The summed E-state index contributed by atoms with van der Waals surface area (Å²) in [4.78, 5) is 10.8. The fourth-order valence-electron chi connectivity index (χ4n) is 0.659. The van der Waals surface area contributed by atoms with Crippen molar-refractivity contribution in [2.24, 2.45) is 7.05 Å². The third-order valence-corrected chi connectivity index (χ3v) is 2.19. The van der Waals surface area contributed by atoms with Crippen LogP contribution in [0.5, 0.6) is 0 Å². The smallest absolute Gasteiger partial charge is 0.164 e. The second-order valence-electron chi connectivity index (χ2n) is 2.03. The third kappa shape index (κ3) is 1.11. The first-order valence-electron chi connectivity index (χ1n) is 2.81. The lowest BCUT2D eigenvalue weighted by molar-refractivity contribution is 0.101. The Morgan fingerprint density at radius 1 is 1.80 bits per heavy atom. The fourth-order valence-corrected chi connectivity index (χ4v) is 1.13. The fraction of sp³-hybridized carbons (Fsp3) is 0.333. The Hall–Kier alpha value is -0.640. The number of carbonyl (C=O) groups is 1. The maximum atomic E-state index is 10.8. The molecule has 0 atom stereocenters. The second kappa shape index (κ2) is 2.54. The zero-order valence-corrected chi connectivity index (χ0v) is 7.34. The van der Waals surface area contributed by atoms with Gasteiger partial charge in [0.05, 0.1) is 11.8 Å². The van der Waals surface area contributed by atoms with Crippen LogP contribution in [0.1, 0.15) is 17.3 Å². The van der Waals surface area contributed by atoms with E-state index in [4.69, 9.17) is 0 Å². The van der Waals surface area contributed by atoms with Crippen molar-refractivity contribution >= 4 is 21.7 Å². The summed E-state index contributed by atoms with van der Waals surface area (Å²) in [6.07, 6.45) is 1.55. The van der Waals surface area contributed by atoms with E-state index in [1.54, 1.807) is 17.9 Å². The minimum absolute atomic E-state index is 0.0278. The average Bonchev–Trinajstić information content (AvgIpc) is 2.14. The molecule has 0 aliphatic heterocycles. The van der Waals surface area contributed by atoms with Crippen LogP contribution in [0.25, 0.3) is 0 Å². The number of ketones is 1. The van der Waals surface area contributed by atoms with E-state index in [1.807, 2.05) is 0 Å². The van der Waals surface area contributed by atoms with Gasteiger partial charge in [-0.2, -0.15) is 5.10 Å². The molecule has 0 spiro atoms. The summed E-state index contributed by atoms with van der Waals surface area (Å²) >= 11 is 3.23. The van der Waals surface area contributed by atoms with Crippen LogP contribution < -0.4 is 0 Å². The summed E-state index contributed by atoms with van der Waals surface area (Å²) in [5, 5.41) is 3.89. The van der Waals surface area contributed by atoms with Gasteiger partial charge in [0.15, 0.2) is 5.78 Å². The number of hydrogen-bond donors (Lipinski definition) is 0. The molecule has 0 aliphatic carbocycles. The molecule has 0 radical (unpaired) electrons. The van der Waals surface area contributed by atoms with Crippen molar-refractivity contribution in [3.63, 3.8) is 0 Å². The number of aromatic nitrogens is 2. The van der Waals surface area contributed by atoms with Crippen LogP contribution in [-0.4, -0.2) is 15.6 Å². The molecule has 0 amide bonds. The molecule has 4 heteroatoms. The normalized spacial score (nSPS) is 9.90. The molecule has 0 saturated carbocycles. The van der Waals surface area contributed by atoms with Crippen molar-refractivity contribution in [3.8, 4) is 0 Å². The van der Waals surface area contributed by atoms with Crippen molar-refractivity contribution < 1.29 is 4.79 Å². The largest absolute Gasteiger partial charge is 0.294 e. The van der Waals surface area contributed by atoms with E-state index in [0.29, 0.717) is 5.56 Å². The molecule has 0 unspecified atom stereocenters. The number of nitrogens with zero attached hydrogens (tertiary/aromatic N) is 2. The van der Waals surface area contributed by atoms with E-state index in [9.17, 15) is 4.79 Å². The lowest BCUT2D eigenvalue weighted by Crippen LogP contribution is -1.93. The number of Topliss-reactive ketones (excluding diaryl/α,β-unsaturated/α-hetero) is 1. The summed E-state index contributed by atoms with van der Waals surface area (Å²) in [5.41, 5.74) is 0.627. The molecule has 10 heavy (non-hydrogen) atoms. The van der Waals surface area contributed by atoms with Crippen LogP contribution >= 0.6 is 15.9 Å². The molecule has 1 aromatic heterocycles. The minimum Gasteiger partial charge on any atom is -0.294 e. The SMILES string of the molecule is CC(=O)c1cnn(C)c1Br. The molecular weight excluding hydrogens is 196 g/mol. The molecular formula is C6H7BrN2O. The second-order valence-corrected chi connectivity index (χ2v) is 2.78. The van der Waals surface area contributed by atoms with Crippen molar-refractivity contribution in [2.45, 2.75) is 6.92 Å². The van der Waals surface area contributed by atoms with E-state index in [-0.39, 0.29) is 5.78 Å². The van der Waals surface area contributed by atoms with Gasteiger partial charge in [0, 0.05) is 7.05 Å². The van der Waals surface area contributed by atoms with Gasteiger partial charge in [-0.15, -0.1) is 0 Å². The molecule has 3 nitrogen and oxygen atoms in total. The Morgan fingerprint density at radius 2 is 2.40 bits per heavy atom. The van der Waals surface area contributed by atoms with Crippen molar-refractivity contribution in [3.05, 3.63) is 16.4 Å². The Bertz CT molecular complexity index is 267. The monoisotopic (exact) mass is 202 g/mol. The van der Waals surface area contributed by atoms with Gasteiger partial charge in [-0.25, -0.2) is 0 Å². The zero-order chi connectivity index (χ0) is 7.72. The van der Waals surface area contributed by atoms with Crippen molar-refractivity contribution in [2.75, 3.05) is 0 Å². The number of carbonyl (C=O) groups excluding carboxylic acids is 1. The van der Waals surface area contributed by atoms with E-state index in [1.165, 1.54) is 6.92 Å². The first-order chi connectivity index (χ1) is 4.63. The van der Waals surface area contributed by atoms with Crippen LogP contribution in [0.15, 0.2) is 10.8 Å². The summed E-state index contributed by atoms with van der Waals surface area (Å²) in [7, 11) is 1.77. The topological polar surface area (TPSA) is 34.9 Å². The summed E-state index contributed by atoms with van der Waals surface area (Å²) in [5.74, 6) is 0.0278. The van der Waals surface area contributed by atoms with Gasteiger partial charge in [0.25, 0.3) is 0 Å². The van der Waals surface area contributed by atoms with Crippen molar-refractivity contribution in [1.82, 2.24) is 9.78 Å². The lowest BCUT2D eigenvalue weighted by Gasteiger charge is -1.91. The van der Waals surface area contributed by atoms with Crippen molar-refractivity contribution in [1.29, 1.82) is 0 Å². The molecule has 1 aromatic rings. The van der Waals surface area contributed by atoms with Gasteiger partial charge in [-0.1, -0.05) is 0 Å². The summed E-state index contributed by atoms with van der Waals surface area (Å²) < 4.78 is 2.34. The highest BCUT2D eigenvalue weighted by Crippen LogP contribution is 2.14. The number of aryl methyl sites for hydroxylation is 1. The van der Waals surface area contributed by atoms with E-state index in [2.05, 4.69) is 21.0 Å². The Kier molecular flexibility index (Phi) is 1.89. The molecule has 0 aromatic carbocycles. The van der Waals surface area contributed by atoms with Gasteiger partial charge in [0.1, 0.15) is 4.60 Å². The highest BCUT2D eigenvalue weighted by Gasteiger charge is 2.08. The maximum absolute atomic E-state index is 10.8. The van der Waals surface area contributed by atoms with Gasteiger partial charge in [0.2, 0.25) is 0 Å². The van der Waals surface area contributed by atoms with E-state index < -0.39 is 0 Å². The highest BCUT2D eigenvalue weighted by atomic mass is 79.9. The molecule has 1 heterocycles. The molecule has 0 N–H and O–H groups in total. The first kappa shape index (κ1) is 7.47. The zero-order valence-electron chi connectivity index (χ0n) is 5.76. The average molecular weight is 203 g/mol. The van der Waals surface area contributed by atoms with Gasteiger partial charge in [-0.05, 0) is 22.9 Å². The van der Waals surface area contributed by atoms with Crippen LogP contribution in [0.2, 0.25) is 0 Å². The summed E-state index contributed by atoms with van der Waals surface area (Å²) in [6.45, 7) is 1.52. The lowest BCUT2D eigenvalue weighted by atomic mass is 10.3. The van der Waals surface area contributed by atoms with Gasteiger partial charge >= 0.3 is 0 Å². The van der Waals surface area contributed by atoms with Crippen LogP contribution in [-0.2, 0) is 7.05 Å². The van der Waals surface area contributed by atoms with Gasteiger partial charge in [-0.3, -0.25) is 9.48 Å².